The third-order valence-corrected chi connectivity index (χ3v) is 3.32. The number of likely N-dealkylation sites (tertiary alicyclic amines) is 1. The topological polar surface area (TPSA) is 46.6 Å². The lowest BCUT2D eigenvalue weighted by Gasteiger charge is -2.24. The van der Waals surface area contributed by atoms with Gasteiger partial charge in [-0.05, 0) is 12.0 Å². The maximum absolute atomic E-state index is 13.4. The van der Waals surface area contributed by atoms with Gasteiger partial charge in [0, 0.05) is 25.9 Å². The quantitative estimate of drug-likeness (QED) is 0.836. The van der Waals surface area contributed by atoms with Crippen molar-refractivity contribution in [3.63, 3.8) is 0 Å². The number of rotatable bonds is 2. The molecule has 0 radical (unpaired) electrons. The number of hydrogen-bond acceptors (Lipinski definition) is 3. The van der Waals surface area contributed by atoms with Crippen LogP contribution in [0.2, 0.25) is 0 Å². The van der Waals surface area contributed by atoms with E-state index in [1.54, 1.807) is 0 Å². The van der Waals surface area contributed by atoms with E-state index >= 15 is 0 Å². The minimum atomic E-state index is -1.46. The molecule has 1 heterocycles. The Balaban J connectivity index is 1.84. The van der Waals surface area contributed by atoms with Crippen LogP contribution in [0, 0.1) is 0 Å². The van der Waals surface area contributed by atoms with Gasteiger partial charge in [-0.1, -0.05) is 30.3 Å². The van der Waals surface area contributed by atoms with Gasteiger partial charge in [-0.2, -0.15) is 0 Å². The van der Waals surface area contributed by atoms with Crippen LogP contribution in [0.4, 0.5) is 9.18 Å². The molecule has 0 N–H and O–H groups in total. The molecule has 1 fully saturated rings. The minimum Gasteiger partial charge on any atom is -0.445 e. The van der Waals surface area contributed by atoms with Crippen LogP contribution in [-0.4, -0.2) is 36.0 Å². The summed E-state index contributed by atoms with van der Waals surface area (Å²) in [5.41, 5.74) is 0.909. The second-order valence-corrected chi connectivity index (χ2v) is 4.85. The number of ether oxygens (including phenoxy) is 1. The minimum absolute atomic E-state index is 0.0548. The van der Waals surface area contributed by atoms with Gasteiger partial charge in [0.05, 0.1) is 0 Å². The van der Waals surface area contributed by atoms with Gasteiger partial charge in [0.25, 0.3) is 0 Å². The van der Waals surface area contributed by atoms with Crippen LogP contribution in [0.1, 0.15) is 24.8 Å². The zero-order valence-electron chi connectivity index (χ0n) is 11.3. The van der Waals surface area contributed by atoms with Gasteiger partial charge >= 0.3 is 6.09 Å². The van der Waals surface area contributed by atoms with Crippen molar-refractivity contribution in [2.75, 3.05) is 13.1 Å². The van der Waals surface area contributed by atoms with Crippen LogP contribution < -0.4 is 0 Å². The van der Waals surface area contributed by atoms with Crippen LogP contribution in [0.25, 0.3) is 0 Å². The van der Waals surface area contributed by atoms with Crippen molar-refractivity contribution >= 4 is 11.9 Å². The van der Waals surface area contributed by atoms with E-state index in [-0.39, 0.29) is 31.8 Å². The maximum atomic E-state index is 13.4. The SMILES string of the molecule is O=C1CCCN(C(=O)OCc2ccccc2)CCC1F. The normalized spacial score (nSPS) is 20.1. The Bertz CT molecular complexity index is 463. The number of alkyl halides is 1. The summed E-state index contributed by atoms with van der Waals surface area (Å²) in [5, 5.41) is 0. The van der Waals surface area contributed by atoms with Crippen LogP contribution >= 0.6 is 0 Å². The first kappa shape index (κ1) is 14.5. The molecule has 0 bridgehead atoms. The summed E-state index contributed by atoms with van der Waals surface area (Å²) in [6, 6.07) is 9.38. The molecule has 1 aliphatic rings. The molecular formula is C15H18FNO3. The van der Waals surface area contributed by atoms with Crippen LogP contribution in [-0.2, 0) is 16.1 Å². The van der Waals surface area contributed by atoms with Gasteiger partial charge in [0.2, 0.25) is 0 Å². The molecule has 1 atom stereocenters. The number of Topliss-reactive ketones (excluding diaryl/α,β-unsaturated/α-hetero) is 1. The molecule has 4 nitrogen and oxygen atoms in total. The fraction of sp³-hybridized carbons (Fsp3) is 0.467. The van der Waals surface area contributed by atoms with E-state index in [1.807, 2.05) is 30.3 Å². The van der Waals surface area contributed by atoms with Crippen LogP contribution in [0.5, 0.6) is 0 Å². The highest BCUT2D eigenvalue weighted by molar-refractivity contribution is 5.83. The van der Waals surface area contributed by atoms with E-state index in [2.05, 4.69) is 0 Å². The molecule has 0 saturated carbocycles. The molecule has 20 heavy (non-hydrogen) atoms. The summed E-state index contributed by atoms with van der Waals surface area (Å²) in [4.78, 5) is 24.6. The molecule has 1 aliphatic heterocycles. The standard InChI is InChI=1S/C15H18FNO3/c16-13-8-10-17(9-4-7-14(13)18)15(19)20-11-12-5-2-1-3-6-12/h1-3,5-6,13H,4,7-11H2. The lowest BCUT2D eigenvalue weighted by atomic mass is 10.1. The van der Waals surface area contributed by atoms with Gasteiger partial charge in [-0.15, -0.1) is 0 Å². The van der Waals surface area contributed by atoms with Crippen LogP contribution in [0.15, 0.2) is 30.3 Å². The van der Waals surface area contributed by atoms with E-state index in [9.17, 15) is 14.0 Å². The number of benzene rings is 1. The highest BCUT2D eigenvalue weighted by Crippen LogP contribution is 2.13. The molecule has 108 valence electrons. The average Bonchev–Trinajstić information content (AvgIpc) is 2.47. The number of hydrogen-bond donors (Lipinski definition) is 0. The van der Waals surface area contributed by atoms with Crippen molar-refractivity contribution in [3.05, 3.63) is 35.9 Å². The zero-order chi connectivity index (χ0) is 14.4. The predicted molar refractivity (Wildman–Crippen MR) is 72.0 cm³/mol. The Labute approximate surface area is 117 Å². The van der Waals surface area contributed by atoms with Crippen molar-refractivity contribution < 1.29 is 18.7 Å². The first-order valence-corrected chi connectivity index (χ1v) is 6.79. The third-order valence-electron chi connectivity index (χ3n) is 3.32. The largest absolute Gasteiger partial charge is 0.445 e. The third kappa shape index (κ3) is 4.05. The molecule has 1 saturated heterocycles. The molecule has 1 amide bonds. The maximum Gasteiger partial charge on any atom is 0.410 e. The van der Waals surface area contributed by atoms with Crippen molar-refractivity contribution in [3.8, 4) is 0 Å². The summed E-state index contributed by atoms with van der Waals surface area (Å²) in [5.74, 6) is -0.359. The van der Waals surface area contributed by atoms with Gasteiger partial charge < -0.3 is 9.64 Å². The number of nitrogens with zero attached hydrogens (tertiary/aromatic N) is 1. The highest BCUT2D eigenvalue weighted by Gasteiger charge is 2.24. The summed E-state index contributed by atoms with van der Waals surface area (Å²) in [7, 11) is 0. The molecule has 0 spiro atoms. The lowest BCUT2D eigenvalue weighted by molar-refractivity contribution is -0.124. The molecule has 0 aromatic heterocycles. The molecule has 1 unspecified atom stereocenters. The predicted octanol–water partition coefficient (Wildman–Crippen LogP) is 2.72. The average molecular weight is 279 g/mol. The first-order chi connectivity index (χ1) is 9.66. The number of ketones is 1. The smallest absolute Gasteiger partial charge is 0.410 e. The van der Waals surface area contributed by atoms with Gasteiger partial charge in [0.15, 0.2) is 12.0 Å². The highest BCUT2D eigenvalue weighted by atomic mass is 19.1. The van der Waals surface area contributed by atoms with Gasteiger partial charge in [0.1, 0.15) is 6.61 Å². The van der Waals surface area contributed by atoms with Crippen molar-refractivity contribution in [1.29, 1.82) is 0 Å². The van der Waals surface area contributed by atoms with Gasteiger partial charge in [-0.3, -0.25) is 4.79 Å². The Hall–Kier alpha value is -1.91. The molecular weight excluding hydrogens is 261 g/mol. The number of amides is 1. The Kier molecular flexibility index (Phi) is 5.09. The molecule has 1 aromatic rings. The monoisotopic (exact) mass is 279 g/mol. The van der Waals surface area contributed by atoms with Crippen molar-refractivity contribution in [1.82, 2.24) is 4.90 Å². The summed E-state index contributed by atoms with van der Waals surface area (Å²) >= 11 is 0. The summed E-state index contributed by atoms with van der Waals surface area (Å²) in [6.07, 6.45) is -1.18. The fourth-order valence-electron chi connectivity index (χ4n) is 2.14. The zero-order valence-corrected chi connectivity index (χ0v) is 11.3. The number of carbonyl (C=O) groups excluding carboxylic acids is 2. The lowest BCUT2D eigenvalue weighted by Crippen LogP contribution is -2.37. The summed E-state index contributed by atoms with van der Waals surface area (Å²) in [6.45, 7) is 0.862. The Morgan fingerprint density at radius 2 is 2.05 bits per heavy atom. The molecule has 5 heteroatoms. The van der Waals surface area contributed by atoms with E-state index in [4.69, 9.17) is 4.74 Å². The Morgan fingerprint density at radius 1 is 1.30 bits per heavy atom. The van der Waals surface area contributed by atoms with Gasteiger partial charge in [-0.25, -0.2) is 9.18 Å². The number of halogens is 1. The fourth-order valence-corrected chi connectivity index (χ4v) is 2.14. The number of carbonyl (C=O) groups is 2. The molecule has 0 aliphatic carbocycles. The molecule has 1 aromatic carbocycles. The van der Waals surface area contributed by atoms with E-state index in [0.717, 1.165) is 5.56 Å². The second kappa shape index (κ2) is 7.03. The van der Waals surface area contributed by atoms with E-state index in [0.29, 0.717) is 13.0 Å². The van der Waals surface area contributed by atoms with Crippen molar-refractivity contribution in [2.45, 2.75) is 32.0 Å². The van der Waals surface area contributed by atoms with Crippen molar-refractivity contribution in [2.24, 2.45) is 0 Å². The van der Waals surface area contributed by atoms with E-state index < -0.39 is 12.3 Å². The molecule has 2 rings (SSSR count). The van der Waals surface area contributed by atoms with E-state index in [1.165, 1.54) is 4.90 Å². The summed E-state index contributed by atoms with van der Waals surface area (Å²) < 4.78 is 18.6. The first-order valence-electron chi connectivity index (χ1n) is 6.79. The Morgan fingerprint density at radius 3 is 2.80 bits per heavy atom. The second-order valence-electron chi connectivity index (χ2n) is 4.85. The van der Waals surface area contributed by atoms with Crippen LogP contribution in [0.3, 0.4) is 0 Å².